The summed E-state index contributed by atoms with van der Waals surface area (Å²) >= 11 is 0. The van der Waals surface area contributed by atoms with Crippen LogP contribution in [0.2, 0.25) is 0 Å². The van der Waals surface area contributed by atoms with Crippen LogP contribution in [0.25, 0.3) is 0 Å². The molecule has 6 heteroatoms. The first-order valence-corrected chi connectivity index (χ1v) is 7.23. The van der Waals surface area contributed by atoms with Gasteiger partial charge >= 0.3 is 6.09 Å². The molecule has 0 unspecified atom stereocenters. The SMILES string of the molecule is CCOC(=O)N(c1ccccc1[N+](=O)[O-])c1cccc(C)c1C. The maximum Gasteiger partial charge on any atom is 0.419 e. The Bertz CT molecular complexity index is 743. The second kappa shape index (κ2) is 6.91. The van der Waals surface area contributed by atoms with Gasteiger partial charge in [0, 0.05) is 6.07 Å². The van der Waals surface area contributed by atoms with E-state index in [9.17, 15) is 14.9 Å². The van der Waals surface area contributed by atoms with E-state index in [1.807, 2.05) is 19.9 Å². The molecule has 0 spiro atoms. The van der Waals surface area contributed by atoms with Crippen molar-refractivity contribution >= 4 is 23.2 Å². The zero-order valence-corrected chi connectivity index (χ0v) is 13.3. The summed E-state index contributed by atoms with van der Waals surface area (Å²) in [7, 11) is 0. The molecule has 2 rings (SSSR count). The average molecular weight is 314 g/mol. The van der Waals surface area contributed by atoms with Crippen molar-refractivity contribution in [2.24, 2.45) is 0 Å². The number of rotatable bonds is 4. The first-order chi connectivity index (χ1) is 11.0. The average Bonchev–Trinajstić information content (AvgIpc) is 2.52. The van der Waals surface area contributed by atoms with Gasteiger partial charge in [-0.15, -0.1) is 0 Å². The minimum Gasteiger partial charge on any atom is -0.449 e. The Kier molecular flexibility index (Phi) is 4.95. The minimum absolute atomic E-state index is 0.151. The first-order valence-electron chi connectivity index (χ1n) is 7.23. The van der Waals surface area contributed by atoms with Gasteiger partial charge in [-0.1, -0.05) is 24.3 Å². The monoisotopic (exact) mass is 314 g/mol. The van der Waals surface area contributed by atoms with Crippen molar-refractivity contribution in [3.63, 3.8) is 0 Å². The number of hydrogen-bond acceptors (Lipinski definition) is 4. The van der Waals surface area contributed by atoms with Crippen molar-refractivity contribution in [1.29, 1.82) is 0 Å². The highest BCUT2D eigenvalue weighted by Gasteiger charge is 2.27. The van der Waals surface area contributed by atoms with E-state index in [0.29, 0.717) is 5.69 Å². The van der Waals surface area contributed by atoms with Gasteiger partial charge in [0.15, 0.2) is 0 Å². The van der Waals surface area contributed by atoms with E-state index in [1.165, 1.54) is 17.0 Å². The molecule has 0 heterocycles. The molecule has 0 aliphatic rings. The van der Waals surface area contributed by atoms with E-state index < -0.39 is 11.0 Å². The molecule has 0 fully saturated rings. The van der Waals surface area contributed by atoms with E-state index in [0.717, 1.165) is 11.1 Å². The highest BCUT2D eigenvalue weighted by atomic mass is 16.6. The van der Waals surface area contributed by atoms with Gasteiger partial charge in [0.25, 0.3) is 5.69 Å². The lowest BCUT2D eigenvalue weighted by Crippen LogP contribution is -2.28. The Balaban J connectivity index is 2.67. The van der Waals surface area contributed by atoms with Crippen LogP contribution in [0.3, 0.4) is 0 Å². The molecule has 0 aliphatic heterocycles. The number of nitro groups is 1. The van der Waals surface area contributed by atoms with Gasteiger partial charge < -0.3 is 4.74 Å². The van der Waals surface area contributed by atoms with E-state index in [2.05, 4.69) is 0 Å². The van der Waals surface area contributed by atoms with Gasteiger partial charge in [0.1, 0.15) is 5.69 Å². The largest absolute Gasteiger partial charge is 0.449 e. The second-order valence-electron chi connectivity index (χ2n) is 5.00. The normalized spacial score (nSPS) is 10.2. The van der Waals surface area contributed by atoms with Gasteiger partial charge in [-0.25, -0.2) is 9.69 Å². The quantitative estimate of drug-likeness (QED) is 0.615. The number of nitro benzene ring substituents is 1. The summed E-state index contributed by atoms with van der Waals surface area (Å²) in [4.78, 5) is 24.5. The summed E-state index contributed by atoms with van der Waals surface area (Å²) in [5.41, 5.74) is 2.44. The van der Waals surface area contributed by atoms with Crippen molar-refractivity contribution in [3.8, 4) is 0 Å². The predicted octanol–water partition coefficient (Wildman–Crippen LogP) is 4.51. The third kappa shape index (κ3) is 3.31. The molecule has 0 saturated carbocycles. The second-order valence-corrected chi connectivity index (χ2v) is 5.00. The Morgan fingerprint density at radius 1 is 1.13 bits per heavy atom. The number of anilines is 2. The van der Waals surface area contributed by atoms with Crippen LogP contribution in [0.15, 0.2) is 42.5 Å². The Hall–Kier alpha value is -2.89. The first kappa shape index (κ1) is 16.5. The van der Waals surface area contributed by atoms with Crippen molar-refractivity contribution in [2.45, 2.75) is 20.8 Å². The van der Waals surface area contributed by atoms with Gasteiger partial charge in [0.05, 0.1) is 17.2 Å². The summed E-state index contributed by atoms with van der Waals surface area (Å²) in [5.74, 6) is 0. The third-order valence-corrected chi connectivity index (χ3v) is 3.59. The van der Waals surface area contributed by atoms with Crippen LogP contribution in [-0.2, 0) is 4.74 Å². The molecular weight excluding hydrogens is 296 g/mol. The fraction of sp³-hybridized carbons (Fsp3) is 0.235. The molecule has 6 nitrogen and oxygen atoms in total. The fourth-order valence-electron chi connectivity index (χ4n) is 2.30. The van der Waals surface area contributed by atoms with Gasteiger partial charge in [-0.05, 0) is 44.0 Å². The maximum absolute atomic E-state index is 12.5. The Labute approximate surface area is 134 Å². The molecule has 0 aromatic heterocycles. The number of carbonyl (C=O) groups is 1. The summed E-state index contributed by atoms with van der Waals surface area (Å²) in [6.07, 6.45) is -0.643. The lowest BCUT2D eigenvalue weighted by molar-refractivity contribution is -0.384. The van der Waals surface area contributed by atoms with Gasteiger partial charge in [-0.2, -0.15) is 0 Å². The number of para-hydroxylation sites is 2. The van der Waals surface area contributed by atoms with Crippen molar-refractivity contribution in [1.82, 2.24) is 0 Å². The molecule has 0 aliphatic carbocycles. The standard InChI is InChI=1S/C17H18N2O4/c1-4-23-17(20)18(14-11-7-8-12(2)13(14)3)15-9-5-6-10-16(15)19(21)22/h5-11H,4H2,1-3H3. The number of hydrogen-bond donors (Lipinski definition) is 0. The zero-order valence-electron chi connectivity index (χ0n) is 13.3. The van der Waals surface area contributed by atoms with E-state index >= 15 is 0 Å². The van der Waals surface area contributed by atoms with Gasteiger partial charge in [-0.3, -0.25) is 10.1 Å². The van der Waals surface area contributed by atoms with E-state index in [4.69, 9.17) is 4.74 Å². The molecular formula is C17H18N2O4. The highest BCUT2D eigenvalue weighted by Crippen LogP contribution is 2.36. The topological polar surface area (TPSA) is 72.7 Å². The van der Waals surface area contributed by atoms with Crippen LogP contribution >= 0.6 is 0 Å². The molecule has 23 heavy (non-hydrogen) atoms. The highest BCUT2D eigenvalue weighted by molar-refractivity contribution is 5.99. The summed E-state index contributed by atoms with van der Waals surface area (Å²) < 4.78 is 5.11. The number of ether oxygens (including phenoxy) is 1. The van der Waals surface area contributed by atoms with Crippen LogP contribution in [0, 0.1) is 24.0 Å². The molecule has 1 amide bonds. The number of amides is 1. The summed E-state index contributed by atoms with van der Waals surface area (Å²) in [5, 5.41) is 11.3. The molecule has 0 radical (unpaired) electrons. The van der Waals surface area contributed by atoms with Crippen LogP contribution in [-0.4, -0.2) is 17.6 Å². The maximum atomic E-state index is 12.5. The molecule has 0 atom stereocenters. The number of aryl methyl sites for hydroxylation is 1. The summed E-state index contributed by atoms with van der Waals surface area (Å²) in [6.45, 7) is 5.66. The van der Waals surface area contributed by atoms with Crippen LogP contribution in [0.4, 0.5) is 21.9 Å². The van der Waals surface area contributed by atoms with Gasteiger partial charge in [0.2, 0.25) is 0 Å². The molecule has 0 bridgehead atoms. The lowest BCUT2D eigenvalue weighted by atomic mass is 10.1. The number of nitrogens with zero attached hydrogens (tertiary/aromatic N) is 2. The smallest absolute Gasteiger partial charge is 0.419 e. The molecule has 2 aromatic carbocycles. The van der Waals surface area contributed by atoms with Crippen molar-refractivity contribution in [2.75, 3.05) is 11.5 Å². The number of benzene rings is 2. The van der Waals surface area contributed by atoms with Crippen LogP contribution in [0.1, 0.15) is 18.1 Å². The van der Waals surface area contributed by atoms with Crippen LogP contribution < -0.4 is 4.90 Å². The van der Waals surface area contributed by atoms with E-state index in [-0.39, 0.29) is 18.0 Å². The zero-order chi connectivity index (χ0) is 17.0. The minimum atomic E-state index is -0.643. The Morgan fingerprint density at radius 3 is 2.43 bits per heavy atom. The molecule has 2 aromatic rings. The van der Waals surface area contributed by atoms with Crippen molar-refractivity contribution < 1.29 is 14.5 Å². The lowest BCUT2D eigenvalue weighted by Gasteiger charge is -2.24. The molecule has 0 saturated heterocycles. The Morgan fingerprint density at radius 2 is 1.78 bits per heavy atom. The molecule has 120 valence electrons. The predicted molar refractivity (Wildman–Crippen MR) is 88.2 cm³/mol. The van der Waals surface area contributed by atoms with Crippen LogP contribution in [0.5, 0.6) is 0 Å². The third-order valence-electron chi connectivity index (χ3n) is 3.59. The summed E-state index contributed by atoms with van der Waals surface area (Å²) in [6, 6.07) is 11.6. The number of carbonyl (C=O) groups excluding carboxylic acids is 1. The fourth-order valence-corrected chi connectivity index (χ4v) is 2.30. The molecule has 0 N–H and O–H groups in total. The van der Waals surface area contributed by atoms with E-state index in [1.54, 1.807) is 31.2 Å². The van der Waals surface area contributed by atoms with Crippen molar-refractivity contribution in [3.05, 3.63) is 63.7 Å².